The van der Waals surface area contributed by atoms with Crippen molar-refractivity contribution in [3.8, 4) is 0 Å². The fourth-order valence-corrected chi connectivity index (χ4v) is 7.47. The molecule has 0 unspecified atom stereocenters. The summed E-state index contributed by atoms with van der Waals surface area (Å²) >= 11 is 6.12. The van der Waals surface area contributed by atoms with E-state index in [4.69, 9.17) is 21.1 Å². The van der Waals surface area contributed by atoms with Crippen LogP contribution >= 0.6 is 11.6 Å². The van der Waals surface area contributed by atoms with Gasteiger partial charge in [-0.1, -0.05) is 29.8 Å². The monoisotopic (exact) mass is 609 g/mol. The minimum Gasteiger partial charge on any atom is -0.448 e. The third-order valence-electron chi connectivity index (χ3n) is 7.20. The summed E-state index contributed by atoms with van der Waals surface area (Å²) in [7, 11) is -4.10. The van der Waals surface area contributed by atoms with Crippen LogP contribution in [0, 0.1) is 5.82 Å². The van der Waals surface area contributed by atoms with Crippen LogP contribution in [-0.4, -0.2) is 78.6 Å². The molecule has 2 heterocycles. The van der Waals surface area contributed by atoms with Gasteiger partial charge in [-0.15, -0.1) is 0 Å². The second-order valence-electron chi connectivity index (χ2n) is 11.5. The quantitative estimate of drug-likeness (QED) is 0.422. The van der Waals surface area contributed by atoms with Gasteiger partial charge in [0.15, 0.2) is 0 Å². The summed E-state index contributed by atoms with van der Waals surface area (Å²) in [6, 6.07) is 10.2. The Morgan fingerprint density at radius 1 is 1.05 bits per heavy atom. The van der Waals surface area contributed by atoms with Gasteiger partial charge in [0, 0.05) is 24.7 Å². The van der Waals surface area contributed by atoms with Gasteiger partial charge in [0.05, 0.1) is 23.0 Å². The second-order valence-corrected chi connectivity index (χ2v) is 13.8. The summed E-state index contributed by atoms with van der Waals surface area (Å²) in [5, 5.41) is 0.271. The van der Waals surface area contributed by atoms with E-state index in [1.54, 1.807) is 49.9 Å². The van der Waals surface area contributed by atoms with E-state index in [1.165, 1.54) is 33.5 Å². The molecule has 2 fully saturated rings. The summed E-state index contributed by atoms with van der Waals surface area (Å²) in [5.41, 5.74) is -0.102. The van der Waals surface area contributed by atoms with E-state index in [0.29, 0.717) is 24.8 Å². The minimum atomic E-state index is -4.10. The molecule has 3 atom stereocenters. The van der Waals surface area contributed by atoms with Gasteiger partial charge in [0.25, 0.3) is 0 Å². The molecular formula is C29H37ClFN3O6S. The van der Waals surface area contributed by atoms with Crippen LogP contribution < -0.4 is 0 Å². The molecule has 2 aliphatic rings. The zero-order valence-electron chi connectivity index (χ0n) is 23.8. The zero-order valence-corrected chi connectivity index (χ0v) is 25.3. The Labute approximate surface area is 246 Å². The third kappa shape index (κ3) is 7.50. The van der Waals surface area contributed by atoms with E-state index in [0.717, 1.165) is 0 Å². The van der Waals surface area contributed by atoms with E-state index >= 15 is 0 Å². The van der Waals surface area contributed by atoms with Crippen molar-refractivity contribution in [2.24, 2.45) is 0 Å². The van der Waals surface area contributed by atoms with Crippen LogP contribution in [0.4, 0.5) is 14.0 Å². The molecule has 2 aromatic rings. The Balaban J connectivity index is 1.51. The first kappa shape index (κ1) is 31.1. The third-order valence-corrected chi connectivity index (χ3v) is 9.39. The van der Waals surface area contributed by atoms with E-state index < -0.39 is 45.7 Å². The molecule has 2 aliphatic heterocycles. The van der Waals surface area contributed by atoms with E-state index in [2.05, 4.69) is 0 Å². The number of nitrogens with zero attached hydrogens (tertiary/aromatic N) is 3. The van der Waals surface area contributed by atoms with Crippen molar-refractivity contribution >= 4 is 33.8 Å². The number of carbonyl (C=O) groups is 2. The normalized spacial score (nSPS) is 22.3. The number of amides is 2. The molecule has 4 rings (SSSR count). The van der Waals surface area contributed by atoms with Gasteiger partial charge in [-0.2, -0.15) is 4.31 Å². The fourth-order valence-electron chi connectivity index (χ4n) is 5.32. The van der Waals surface area contributed by atoms with Crippen LogP contribution in [0.2, 0.25) is 5.02 Å². The van der Waals surface area contributed by atoms with Crippen molar-refractivity contribution in [3.63, 3.8) is 0 Å². The Bertz CT molecular complexity index is 1370. The van der Waals surface area contributed by atoms with E-state index in [9.17, 15) is 22.4 Å². The molecule has 0 N–H and O–H groups in total. The Hall–Kier alpha value is -2.89. The first-order valence-corrected chi connectivity index (χ1v) is 15.5. The highest BCUT2D eigenvalue weighted by atomic mass is 35.5. The van der Waals surface area contributed by atoms with Crippen LogP contribution in [0.5, 0.6) is 0 Å². The maximum atomic E-state index is 14.2. The maximum Gasteiger partial charge on any atom is 0.410 e. The Kier molecular flexibility index (Phi) is 9.50. The number of carbonyl (C=O) groups excluding carboxylic acids is 2. The van der Waals surface area contributed by atoms with Crippen LogP contribution in [0.15, 0.2) is 53.4 Å². The predicted octanol–water partition coefficient (Wildman–Crippen LogP) is 5.84. The SMILES string of the molecule is C[C@@H]1CN(C(=O)OC(C)(C)C)CCN1C(=O)OC[C@H]1CCC[C@@H](c2cccc(F)c2)N1S(=O)(=O)c1cccc(Cl)c1. The van der Waals surface area contributed by atoms with Gasteiger partial charge >= 0.3 is 12.2 Å². The van der Waals surface area contributed by atoms with Crippen molar-refractivity contribution in [2.75, 3.05) is 26.2 Å². The number of sulfonamides is 1. The molecule has 0 aliphatic carbocycles. The standard InChI is InChI=1S/C29H37ClFN3O6S/c1-20-18-32(27(35)40-29(2,3)4)14-15-33(20)28(36)39-19-24-11-7-13-26(21-8-5-10-23(31)16-21)34(24)41(37,38)25-12-6-9-22(30)17-25/h5-6,8-10,12,16-17,20,24,26H,7,11,13-15,18-19H2,1-4H3/t20-,24-,26+/m1/s1. The highest BCUT2D eigenvalue weighted by molar-refractivity contribution is 7.89. The van der Waals surface area contributed by atoms with Gasteiger partial charge in [-0.05, 0) is 82.9 Å². The van der Waals surface area contributed by atoms with Gasteiger partial charge in [0.2, 0.25) is 10.0 Å². The largest absolute Gasteiger partial charge is 0.448 e. The highest BCUT2D eigenvalue weighted by Gasteiger charge is 2.42. The molecule has 9 nitrogen and oxygen atoms in total. The molecule has 2 saturated heterocycles. The van der Waals surface area contributed by atoms with Gasteiger partial charge in [0.1, 0.15) is 18.0 Å². The number of hydrogen-bond donors (Lipinski definition) is 0. The first-order valence-electron chi connectivity index (χ1n) is 13.7. The number of halogens is 2. The smallest absolute Gasteiger partial charge is 0.410 e. The number of ether oxygens (including phenoxy) is 2. The maximum absolute atomic E-state index is 14.2. The lowest BCUT2D eigenvalue weighted by Crippen LogP contribution is -2.56. The highest BCUT2D eigenvalue weighted by Crippen LogP contribution is 2.39. The molecule has 0 saturated carbocycles. The summed E-state index contributed by atoms with van der Waals surface area (Å²) in [5.74, 6) is -0.462. The lowest BCUT2D eigenvalue weighted by molar-refractivity contribution is 0.00101. The molecule has 2 amide bonds. The van der Waals surface area contributed by atoms with Crippen LogP contribution in [0.25, 0.3) is 0 Å². The molecule has 224 valence electrons. The van der Waals surface area contributed by atoms with Crippen molar-refractivity contribution < 1.29 is 31.9 Å². The van der Waals surface area contributed by atoms with Crippen molar-refractivity contribution in [1.29, 1.82) is 0 Å². The average Bonchev–Trinajstić information content (AvgIpc) is 2.90. The minimum absolute atomic E-state index is 0.0107. The predicted molar refractivity (Wildman–Crippen MR) is 153 cm³/mol. The lowest BCUT2D eigenvalue weighted by Gasteiger charge is -2.42. The summed E-state index contributed by atoms with van der Waals surface area (Å²) in [6.45, 7) is 7.84. The molecule has 0 bridgehead atoms. The molecule has 0 radical (unpaired) electrons. The van der Waals surface area contributed by atoms with Gasteiger partial charge in [-0.3, -0.25) is 0 Å². The lowest BCUT2D eigenvalue weighted by atomic mass is 9.93. The van der Waals surface area contributed by atoms with Crippen LogP contribution in [0.3, 0.4) is 0 Å². The Morgan fingerprint density at radius 2 is 1.78 bits per heavy atom. The van der Waals surface area contributed by atoms with Gasteiger partial charge in [-0.25, -0.2) is 22.4 Å². The summed E-state index contributed by atoms with van der Waals surface area (Å²) in [6.07, 6.45) is 0.577. The molecule has 12 heteroatoms. The fraction of sp³-hybridized carbons (Fsp3) is 0.517. The summed E-state index contributed by atoms with van der Waals surface area (Å²) < 4.78 is 54.7. The van der Waals surface area contributed by atoms with Crippen molar-refractivity contribution in [2.45, 2.75) is 75.6 Å². The number of piperidine rings is 1. The molecule has 0 spiro atoms. The van der Waals surface area contributed by atoms with Crippen LogP contribution in [-0.2, 0) is 19.5 Å². The second kappa shape index (κ2) is 12.5. The number of rotatable bonds is 5. The topological polar surface area (TPSA) is 96.5 Å². The van der Waals surface area contributed by atoms with Crippen molar-refractivity contribution in [3.05, 3.63) is 64.9 Å². The average molecular weight is 610 g/mol. The molecular weight excluding hydrogens is 573 g/mol. The zero-order chi connectivity index (χ0) is 29.9. The van der Waals surface area contributed by atoms with Crippen LogP contribution in [0.1, 0.15) is 58.6 Å². The number of piperazine rings is 1. The van der Waals surface area contributed by atoms with Gasteiger partial charge < -0.3 is 19.3 Å². The van der Waals surface area contributed by atoms with E-state index in [-0.39, 0.29) is 42.2 Å². The molecule has 41 heavy (non-hydrogen) atoms. The number of hydrogen-bond acceptors (Lipinski definition) is 6. The number of benzene rings is 2. The van der Waals surface area contributed by atoms with Crippen molar-refractivity contribution in [1.82, 2.24) is 14.1 Å². The molecule has 0 aromatic heterocycles. The Morgan fingerprint density at radius 3 is 2.44 bits per heavy atom. The van der Waals surface area contributed by atoms with E-state index in [1.807, 2.05) is 6.92 Å². The first-order chi connectivity index (χ1) is 19.3. The summed E-state index contributed by atoms with van der Waals surface area (Å²) in [4.78, 5) is 28.7. The molecule has 2 aromatic carbocycles.